The van der Waals surface area contributed by atoms with Crippen molar-refractivity contribution < 1.29 is 4.79 Å². The van der Waals surface area contributed by atoms with Crippen LogP contribution in [0, 0.1) is 0 Å². The molecule has 1 aliphatic heterocycles. The van der Waals surface area contributed by atoms with Crippen molar-refractivity contribution in [2.75, 3.05) is 18.8 Å². The maximum atomic E-state index is 11.5. The van der Waals surface area contributed by atoms with Crippen LogP contribution in [0.1, 0.15) is 30.7 Å². The molecule has 0 saturated heterocycles. The lowest BCUT2D eigenvalue weighted by atomic mass is 10.0. The lowest BCUT2D eigenvalue weighted by molar-refractivity contribution is -0.121. The van der Waals surface area contributed by atoms with Gasteiger partial charge in [0.15, 0.2) is 0 Å². The lowest BCUT2D eigenvalue weighted by Gasteiger charge is -2.12. The van der Waals surface area contributed by atoms with Crippen LogP contribution in [0.15, 0.2) is 29.2 Å². The highest BCUT2D eigenvalue weighted by Crippen LogP contribution is 2.38. The molecule has 0 bridgehead atoms. The highest BCUT2D eigenvalue weighted by molar-refractivity contribution is 7.99. The average Bonchev–Trinajstić information content (AvgIpc) is 3.14. The number of hydrogen-bond donors (Lipinski definition) is 2. The molecule has 3 rings (SSSR count). The van der Waals surface area contributed by atoms with E-state index in [-0.39, 0.29) is 5.91 Å². The Kier molecular flexibility index (Phi) is 4.09. The van der Waals surface area contributed by atoms with E-state index in [0.29, 0.717) is 18.4 Å². The first-order chi connectivity index (χ1) is 9.33. The first-order valence-electron chi connectivity index (χ1n) is 7.05. The van der Waals surface area contributed by atoms with E-state index in [1.807, 2.05) is 11.8 Å². The van der Waals surface area contributed by atoms with Gasteiger partial charge in [-0.3, -0.25) is 4.79 Å². The quantitative estimate of drug-likeness (QED) is 0.782. The molecule has 1 fully saturated rings. The fourth-order valence-electron chi connectivity index (χ4n) is 2.40. The normalized spacial score (nSPS) is 21.2. The molecule has 1 atom stereocenters. The van der Waals surface area contributed by atoms with Gasteiger partial charge in [-0.25, -0.2) is 0 Å². The summed E-state index contributed by atoms with van der Waals surface area (Å²) in [6.45, 7) is 1.75. The molecule has 1 saturated carbocycles. The van der Waals surface area contributed by atoms with Gasteiger partial charge in [0.1, 0.15) is 0 Å². The van der Waals surface area contributed by atoms with Crippen LogP contribution in [0.2, 0.25) is 0 Å². The van der Waals surface area contributed by atoms with Gasteiger partial charge < -0.3 is 10.6 Å². The van der Waals surface area contributed by atoms with E-state index in [1.54, 1.807) is 0 Å². The monoisotopic (exact) mass is 276 g/mol. The summed E-state index contributed by atoms with van der Waals surface area (Å²) in [6, 6.07) is 9.11. The summed E-state index contributed by atoms with van der Waals surface area (Å²) in [5.74, 6) is 1.93. The van der Waals surface area contributed by atoms with Gasteiger partial charge in [0.05, 0.1) is 0 Å². The Labute approximate surface area is 118 Å². The van der Waals surface area contributed by atoms with Crippen LogP contribution >= 0.6 is 11.8 Å². The molecule has 102 valence electrons. The van der Waals surface area contributed by atoms with Crippen molar-refractivity contribution in [3.8, 4) is 0 Å². The molecule has 0 aromatic heterocycles. The Morgan fingerprint density at radius 3 is 3.00 bits per heavy atom. The molecule has 0 radical (unpaired) electrons. The number of nitrogens with one attached hydrogen (secondary N) is 2. The van der Waals surface area contributed by atoms with Crippen molar-refractivity contribution in [1.82, 2.24) is 10.6 Å². The lowest BCUT2D eigenvalue weighted by Crippen LogP contribution is -2.30. The minimum atomic E-state index is 0.191. The number of carbonyl (C=O) groups is 1. The van der Waals surface area contributed by atoms with Crippen LogP contribution in [0.3, 0.4) is 0 Å². The Morgan fingerprint density at radius 1 is 1.32 bits per heavy atom. The predicted molar refractivity (Wildman–Crippen MR) is 78.6 cm³/mol. The number of benzene rings is 1. The summed E-state index contributed by atoms with van der Waals surface area (Å²) >= 11 is 1.94. The number of amides is 1. The SMILES string of the molecule is O=C(CCNCC1CSc2ccccc21)NC1CC1. The summed E-state index contributed by atoms with van der Waals surface area (Å²) in [7, 11) is 0. The Balaban J connectivity index is 1.37. The molecule has 19 heavy (non-hydrogen) atoms. The highest BCUT2D eigenvalue weighted by Gasteiger charge is 2.23. The first-order valence-corrected chi connectivity index (χ1v) is 8.03. The van der Waals surface area contributed by atoms with Crippen LogP contribution < -0.4 is 10.6 Å². The molecule has 1 unspecified atom stereocenters. The average molecular weight is 276 g/mol. The largest absolute Gasteiger partial charge is 0.353 e. The van der Waals surface area contributed by atoms with Gasteiger partial charge in [0.2, 0.25) is 5.91 Å². The van der Waals surface area contributed by atoms with Crippen LogP contribution in [-0.2, 0) is 4.79 Å². The second-order valence-corrected chi connectivity index (χ2v) is 6.40. The van der Waals surface area contributed by atoms with E-state index in [0.717, 1.165) is 31.7 Å². The minimum absolute atomic E-state index is 0.191. The molecule has 1 aromatic rings. The van der Waals surface area contributed by atoms with Gasteiger partial charge >= 0.3 is 0 Å². The second kappa shape index (κ2) is 5.97. The van der Waals surface area contributed by atoms with Crippen molar-refractivity contribution in [2.24, 2.45) is 0 Å². The van der Waals surface area contributed by atoms with E-state index < -0.39 is 0 Å². The minimum Gasteiger partial charge on any atom is -0.353 e. The van der Waals surface area contributed by atoms with Crippen LogP contribution in [0.5, 0.6) is 0 Å². The molecule has 1 amide bonds. The Morgan fingerprint density at radius 2 is 2.16 bits per heavy atom. The Bertz CT molecular complexity index is 459. The van der Waals surface area contributed by atoms with Gasteiger partial charge in [0.25, 0.3) is 0 Å². The fourth-order valence-corrected chi connectivity index (χ4v) is 3.66. The number of carbonyl (C=O) groups excluding carboxylic acids is 1. The molecule has 3 nitrogen and oxygen atoms in total. The molecule has 1 aliphatic carbocycles. The van der Waals surface area contributed by atoms with E-state index in [9.17, 15) is 4.79 Å². The van der Waals surface area contributed by atoms with Crippen LogP contribution in [-0.4, -0.2) is 30.8 Å². The van der Waals surface area contributed by atoms with E-state index in [4.69, 9.17) is 0 Å². The highest BCUT2D eigenvalue weighted by atomic mass is 32.2. The van der Waals surface area contributed by atoms with Crippen LogP contribution in [0.25, 0.3) is 0 Å². The summed E-state index contributed by atoms with van der Waals surface area (Å²) in [5.41, 5.74) is 1.46. The fraction of sp³-hybridized carbons (Fsp3) is 0.533. The summed E-state index contributed by atoms with van der Waals surface area (Å²) in [4.78, 5) is 13.0. The van der Waals surface area contributed by atoms with E-state index in [2.05, 4.69) is 34.9 Å². The van der Waals surface area contributed by atoms with Crippen molar-refractivity contribution in [2.45, 2.75) is 36.1 Å². The number of fused-ring (bicyclic) bond motifs is 1. The van der Waals surface area contributed by atoms with Crippen molar-refractivity contribution in [1.29, 1.82) is 0 Å². The molecular formula is C15H20N2OS. The zero-order valence-corrected chi connectivity index (χ0v) is 11.8. The number of hydrogen-bond acceptors (Lipinski definition) is 3. The Hall–Kier alpha value is -1.00. The zero-order chi connectivity index (χ0) is 13.1. The van der Waals surface area contributed by atoms with Crippen molar-refractivity contribution in [3.63, 3.8) is 0 Å². The number of thioether (sulfide) groups is 1. The van der Waals surface area contributed by atoms with Gasteiger partial charge in [-0.1, -0.05) is 18.2 Å². The standard InChI is InChI=1S/C15H20N2OS/c18-15(17-12-5-6-12)7-8-16-9-11-10-19-14-4-2-1-3-13(11)14/h1-4,11-12,16H,5-10H2,(H,17,18). The smallest absolute Gasteiger partial charge is 0.221 e. The molecule has 2 aliphatic rings. The van der Waals surface area contributed by atoms with Gasteiger partial charge in [-0.2, -0.15) is 0 Å². The summed E-state index contributed by atoms with van der Waals surface area (Å²) in [5, 5.41) is 6.43. The van der Waals surface area contributed by atoms with Crippen molar-refractivity contribution in [3.05, 3.63) is 29.8 Å². The molecule has 0 spiro atoms. The predicted octanol–water partition coefficient (Wildman–Crippen LogP) is 2.13. The molecule has 4 heteroatoms. The number of rotatable bonds is 6. The molecule has 2 N–H and O–H groups in total. The second-order valence-electron chi connectivity index (χ2n) is 5.34. The topological polar surface area (TPSA) is 41.1 Å². The molecular weight excluding hydrogens is 256 g/mol. The zero-order valence-electron chi connectivity index (χ0n) is 11.0. The maximum absolute atomic E-state index is 11.5. The third-order valence-electron chi connectivity index (χ3n) is 3.66. The van der Waals surface area contributed by atoms with Gasteiger partial charge in [0, 0.05) is 42.1 Å². The van der Waals surface area contributed by atoms with Crippen molar-refractivity contribution >= 4 is 17.7 Å². The maximum Gasteiger partial charge on any atom is 0.221 e. The van der Waals surface area contributed by atoms with E-state index >= 15 is 0 Å². The molecule has 1 aromatic carbocycles. The third kappa shape index (κ3) is 3.51. The first kappa shape index (κ1) is 13.0. The summed E-state index contributed by atoms with van der Waals surface area (Å²) in [6.07, 6.45) is 2.92. The third-order valence-corrected chi connectivity index (χ3v) is 4.91. The van der Waals surface area contributed by atoms with Gasteiger partial charge in [-0.05, 0) is 24.5 Å². The van der Waals surface area contributed by atoms with Gasteiger partial charge in [-0.15, -0.1) is 11.8 Å². The summed E-state index contributed by atoms with van der Waals surface area (Å²) < 4.78 is 0. The molecule has 1 heterocycles. The van der Waals surface area contributed by atoms with E-state index in [1.165, 1.54) is 10.5 Å². The van der Waals surface area contributed by atoms with Crippen LogP contribution in [0.4, 0.5) is 0 Å².